The highest BCUT2D eigenvalue weighted by atomic mass is 16.3. The fourth-order valence-corrected chi connectivity index (χ4v) is 2.52. The summed E-state index contributed by atoms with van der Waals surface area (Å²) in [4.78, 5) is 11.9. The normalized spacial score (nSPS) is 11.0. The van der Waals surface area contributed by atoms with Gasteiger partial charge < -0.3 is 5.11 Å². The number of benzene rings is 3. The van der Waals surface area contributed by atoms with Crippen molar-refractivity contribution in [1.82, 2.24) is 5.43 Å². The Morgan fingerprint density at radius 2 is 1.83 bits per heavy atom. The lowest BCUT2D eigenvalue weighted by Crippen LogP contribution is -2.19. The van der Waals surface area contributed by atoms with Crippen LogP contribution in [0.25, 0.3) is 10.8 Å². The van der Waals surface area contributed by atoms with Crippen LogP contribution in [0.4, 0.5) is 0 Å². The topological polar surface area (TPSA) is 61.7 Å². The standard InChI is InChI=1S/C20H18N2O2/c1-14-6-8-15(9-7-14)12-20(24)22-21-13-18-17-5-3-2-4-16(17)10-11-19(18)23/h2-11,13,23H,12H2,1H3,(H,22,24)/b21-13+. The van der Waals surface area contributed by atoms with E-state index in [1.807, 2.05) is 61.5 Å². The molecule has 0 aliphatic rings. The fourth-order valence-electron chi connectivity index (χ4n) is 2.52. The van der Waals surface area contributed by atoms with E-state index in [4.69, 9.17) is 0 Å². The zero-order valence-electron chi connectivity index (χ0n) is 13.4. The Kier molecular flexibility index (Phi) is 4.57. The third-order valence-corrected chi connectivity index (χ3v) is 3.82. The molecule has 0 aliphatic carbocycles. The van der Waals surface area contributed by atoms with Gasteiger partial charge in [0.15, 0.2) is 0 Å². The number of hydrogen-bond donors (Lipinski definition) is 2. The number of hydrazone groups is 1. The molecule has 24 heavy (non-hydrogen) atoms. The van der Waals surface area contributed by atoms with Gasteiger partial charge in [-0.15, -0.1) is 0 Å². The van der Waals surface area contributed by atoms with Gasteiger partial charge in [0.25, 0.3) is 0 Å². The lowest BCUT2D eigenvalue weighted by Gasteiger charge is -2.05. The van der Waals surface area contributed by atoms with Gasteiger partial charge in [-0.1, -0.05) is 60.2 Å². The predicted octanol–water partition coefficient (Wildman–Crippen LogP) is 3.55. The molecule has 0 radical (unpaired) electrons. The Labute approximate surface area is 140 Å². The largest absolute Gasteiger partial charge is 0.507 e. The first-order valence-corrected chi connectivity index (χ1v) is 7.71. The lowest BCUT2D eigenvalue weighted by atomic mass is 10.0. The molecule has 0 aliphatic heterocycles. The van der Waals surface area contributed by atoms with E-state index >= 15 is 0 Å². The van der Waals surface area contributed by atoms with Gasteiger partial charge in [-0.05, 0) is 29.3 Å². The van der Waals surface area contributed by atoms with Crippen LogP contribution in [-0.4, -0.2) is 17.2 Å². The summed E-state index contributed by atoms with van der Waals surface area (Å²) in [7, 11) is 0. The molecule has 4 heteroatoms. The molecule has 3 aromatic rings. The molecule has 3 aromatic carbocycles. The predicted molar refractivity (Wildman–Crippen MR) is 96.2 cm³/mol. The first-order valence-electron chi connectivity index (χ1n) is 7.71. The Bertz CT molecular complexity index is 899. The van der Waals surface area contributed by atoms with Crippen molar-refractivity contribution >= 4 is 22.9 Å². The molecule has 0 atom stereocenters. The van der Waals surface area contributed by atoms with Gasteiger partial charge in [-0.25, -0.2) is 5.43 Å². The van der Waals surface area contributed by atoms with E-state index in [1.165, 1.54) is 6.21 Å². The van der Waals surface area contributed by atoms with Crippen molar-refractivity contribution in [3.8, 4) is 5.75 Å². The molecule has 120 valence electrons. The number of amides is 1. The average molecular weight is 318 g/mol. The van der Waals surface area contributed by atoms with Crippen LogP contribution in [0.3, 0.4) is 0 Å². The van der Waals surface area contributed by atoms with Crippen molar-refractivity contribution in [3.63, 3.8) is 0 Å². The molecule has 0 spiro atoms. The number of rotatable bonds is 4. The summed E-state index contributed by atoms with van der Waals surface area (Å²) in [6, 6.07) is 19.0. The summed E-state index contributed by atoms with van der Waals surface area (Å²) >= 11 is 0. The first-order chi connectivity index (χ1) is 11.6. The van der Waals surface area contributed by atoms with Crippen LogP contribution >= 0.6 is 0 Å². The van der Waals surface area contributed by atoms with Crippen molar-refractivity contribution in [2.45, 2.75) is 13.3 Å². The minimum absolute atomic E-state index is 0.130. The summed E-state index contributed by atoms with van der Waals surface area (Å²) in [6.45, 7) is 2.00. The molecule has 0 saturated heterocycles. The Balaban J connectivity index is 1.71. The first kappa shape index (κ1) is 15.7. The van der Waals surface area contributed by atoms with Gasteiger partial charge in [0.2, 0.25) is 5.91 Å². The Morgan fingerprint density at radius 1 is 1.08 bits per heavy atom. The highest BCUT2D eigenvalue weighted by Gasteiger charge is 2.05. The molecular weight excluding hydrogens is 300 g/mol. The molecular formula is C20H18N2O2. The quantitative estimate of drug-likeness (QED) is 0.571. The second kappa shape index (κ2) is 6.96. The smallest absolute Gasteiger partial charge is 0.244 e. The number of nitrogens with one attached hydrogen (secondary N) is 1. The molecule has 0 aromatic heterocycles. The number of carbonyl (C=O) groups is 1. The second-order valence-electron chi connectivity index (χ2n) is 5.68. The number of nitrogens with zero attached hydrogens (tertiary/aromatic N) is 1. The Morgan fingerprint density at radius 3 is 2.62 bits per heavy atom. The maximum absolute atomic E-state index is 11.9. The number of phenolic OH excluding ortho intramolecular Hbond substituents is 1. The molecule has 0 saturated carbocycles. The third kappa shape index (κ3) is 3.60. The number of fused-ring (bicyclic) bond motifs is 1. The minimum Gasteiger partial charge on any atom is -0.507 e. The number of phenols is 1. The van der Waals surface area contributed by atoms with Gasteiger partial charge >= 0.3 is 0 Å². The van der Waals surface area contributed by atoms with Crippen molar-refractivity contribution in [1.29, 1.82) is 0 Å². The molecule has 0 unspecified atom stereocenters. The average Bonchev–Trinajstić information content (AvgIpc) is 2.59. The number of aromatic hydroxyl groups is 1. The van der Waals surface area contributed by atoms with Crippen LogP contribution in [0.5, 0.6) is 5.75 Å². The summed E-state index contributed by atoms with van der Waals surface area (Å²) in [5, 5.41) is 15.9. The molecule has 0 fully saturated rings. The van der Waals surface area contributed by atoms with Crippen molar-refractivity contribution < 1.29 is 9.90 Å². The van der Waals surface area contributed by atoms with E-state index in [-0.39, 0.29) is 18.1 Å². The third-order valence-electron chi connectivity index (χ3n) is 3.82. The van der Waals surface area contributed by atoms with Crippen molar-refractivity contribution in [3.05, 3.63) is 77.4 Å². The van der Waals surface area contributed by atoms with Crippen LogP contribution in [0.15, 0.2) is 65.8 Å². The minimum atomic E-state index is -0.199. The van der Waals surface area contributed by atoms with Gasteiger partial charge in [0.05, 0.1) is 12.6 Å². The fraction of sp³-hybridized carbons (Fsp3) is 0.100. The molecule has 3 rings (SSSR count). The van der Waals surface area contributed by atoms with Gasteiger partial charge in [-0.3, -0.25) is 4.79 Å². The zero-order chi connectivity index (χ0) is 16.9. The van der Waals surface area contributed by atoms with Gasteiger partial charge in [-0.2, -0.15) is 5.10 Å². The summed E-state index contributed by atoms with van der Waals surface area (Å²) in [6.07, 6.45) is 1.74. The van der Waals surface area contributed by atoms with Crippen LogP contribution < -0.4 is 5.43 Å². The van der Waals surface area contributed by atoms with Crippen molar-refractivity contribution in [2.75, 3.05) is 0 Å². The molecule has 0 heterocycles. The maximum atomic E-state index is 11.9. The van der Waals surface area contributed by atoms with Crippen LogP contribution in [-0.2, 0) is 11.2 Å². The highest BCUT2D eigenvalue weighted by Crippen LogP contribution is 2.25. The summed E-state index contributed by atoms with van der Waals surface area (Å²) < 4.78 is 0. The second-order valence-corrected chi connectivity index (χ2v) is 5.68. The van der Waals surface area contributed by atoms with E-state index in [1.54, 1.807) is 6.07 Å². The molecule has 1 amide bonds. The Hall–Kier alpha value is -3.14. The molecule has 2 N–H and O–H groups in total. The number of carbonyl (C=O) groups excluding carboxylic acids is 1. The van der Waals surface area contributed by atoms with Crippen LogP contribution in [0.1, 0.15) is 16.7 Å². The molecule has 4 nitrogen and oxygen atoms in total. The summed E-state index contributed by atoms with van der Waals surface area (Å²) in [5.74, 6) is -0.0694. The van der Waals surface area contributed by atoms with E-state index in [9.17, 15) is 9.90 Å². The van der Waals surface area contributed by atoms with E-state index in [0.29, 0.717) is 5.56 Å². The molecule has 0 bridgehead atoms. The number of aryl methyl sites for hydroxylation is 1. The van der Waals surface area contributed by atoms with Gasteiger partial charge in [0, 0.05) is 5.56 Å². The van der Waals surface area contributed by atoms with Crippen molar-refractivity contribution in [2.24, 2.45) is 5.10 Å². The maximum Gasteiger partial charge on any atom is 0.244 e. The number of hydrogen-bond acceptors (Lipinski definition) is 3. The highest BCUT2D eigenvalue weighted by molar-refractivity contribution is 6.02. The SMILES string of the molecule is Cc1ccc(CC(=O)N/N=C/c2c(O)ccc3ccccc23)cc1. The monoisotopic (exact) mass is 318 g/mol. The summed E-state index contributed by atoms with van der Waals surface area (Å²) in [5.41, 5.74) is 5.18. The van der Waals surface area contributed by atoms with E-state index < -0.39 is 0 Å². The van der Waals surface area contributed by atoms with E-state index in [0.717, 1.165) is 21.9 Å². The van der Waals surface area contributed by atoms with Crippen LogP contribution in [0.2, 0.25) is 0 Å². The van der Waals surface area contributed by atoms with Gasteiger partial charge in [0.1, 0.15) is 5.75 Å². The van der Waals surface area contributed by atoms with E-state index in [2.05, 4.69) is 10.5 Å². The zero-order valence-corrected chi connectivity index (χ0v) is 13.4. The lowest BCUT2D eigenvalue weighted by molar-refractivity contribution is -0.120. The van der Waals surface area contributed by atoms with Crippen LogP contribution in [0, 0.1) is 6.92 Å².